The Morgan fingerprint density at radius 2 is 1.54 bits per heavy atom. The molecule has 2 aromatic carbocycles. The van der Waals surface area contributed by atoms with Crippen molar-refractivity contribution in [1.29, 1.82) is 0 Å². The zero-order valence-electron chi connectivity index (χ0n) is 13.8. The van der Waals surface area contributed by atoms with Gasteiger partial charge in [0.2, 0.25) is 0 Å². The molecule has 4 rings (SSSR count). The summed E-state index contributed by atoms with van der Waals surface area (Å²) in [6, 6.07) is 20.6. The Balaban J connectivity index is 0.00000169. The first kappa shape index (κ1) is 16.7. The minimum atomic E-state index is 0. The van der Waals surface area contributed by atoms with Crippen molar-refractivity contribution in [1.82, 2.24) is 4.90 Å². The van der Waals surface area contributed by atoms with Crippen LogP contribution in [-0.4, -0.2) is 4.90 Å². The van der Waals surface area contributed by atoms with Gasteiger partial charge in [0.15, 0.2) is 0 Å². The summed E-state index contributed by atoms with van der Waals surface area (Å²) in [6.07, 6.45) is 8.12. The Labute approximate surface area is 155 Å². The first-order valence-corrected chi connectivity index (χ1v) is 7.96. The molecule has 0 bridgehead atoms. The zero-order chi connectivity index (χ0) is 15.6. The maximum absolute atomic E-state index is 12.9. The maximum atomic E-state index is 12.9. The summed E-state index contributed by atoms with van der Waals surface area (Å²) in [7, 11) is 0. The average molecular weight is 307 g/mol. The van der Waals surface area contributed by atoms with Crippen LogP contribution in [0.25, 0.3) is 0 Å². The van der Waals surface area contributed by atoms with E-state index in [1.807, 2.05) is 59.5 Å². The van der Waals surface area contributed by atoms with Gasteiger partial charge >= 0.3 is 18.9 Å². The summed E-state index contributed by atoms with van der Waals surface area (Å²) in [5, 5.41) is 12.9. The molecule has 1 heterocycles. The van der Waals surface area contributed by atoms with Crippen molar-refractivity contribution in [2.75, 3.05) is 0 Å². The molecule has 1 aliphatic heterocycles. The van der Waals surface area contributed by atoms with Crippen molar-refractivity contribution in [3.63, 3.8) is 0 Å². The van der Waals surface area contributed by atoms with Crippen LogP contribution in [-0.2, 0) is 6.54 Å². The molecule has 3 heteroatoms. The van der Waals surface area contributed by atoms with Crippen LogP contribution in [0.1, 0.15) is 17.2 Å². The number of benzene rings is 2. The van der Waals surface area contributed by atoms with Crippen LogP contribution in [0.2, 0.25) is 0 Å². The molecule has 0 spiro atoms. The largest absolute Gasteiger partial charge is 1.00 e. The number of fused-ring (bicyclic) bond motifs is 1. The molecule has 1 aliphatic carbocycles. The van der Waals surface area contributed by atoms with E-state index in [2.05, 4.69) is 30.3 Å². The molecular weight excluding hydrogens is 289 g/mol. The van der Waals surface area contributed by atoms with Gasteiger partial charge in [-0.3, -0.25) is 0 Å². The quantitative estimate of drug-likeness (QED) is 0.775. The first-order chi connectivity index (χ1) is 11.3. The molecule has 0 radical (unpaired) electrons. The van der Waals surface area contributed by atoms with E-state index in [9.17, 15) is 5.11 Å². The monoisotopic (exact) mass is 307 g/mol. The maximum Gasteiger partial charge on any atom is 1.00 e. The molecule has 0 amide bonds. The third kappa shape index (κ3) is 2.96. The molecule has 0 N–H and O–H groups in total. The van der Waals surface area contributed by atoms with E-state index in [0.717, 1.165) is 11.1 Å². The molecule has 0 saturated heterocycles. The number of hydrogen-bond donors (Lipinski definition) is 0. The molecule has 0 aromatic heterocycles. The Morgan fingerprint density at radius 3 is 2.25 bits per heavy atom. The van der Waals surface area contributed by atoms with E-state index >= 15 is 0 Å². The fourth-order valence-corrected chi connectivity index (χ4v) is 3.52. The number of hydrogen-bond acceptors (Lipinski definition) is 2. The summed E-state index contributed by atoms with van der Waals surface area (Å²) in [5.41, 5.74) is 3.25. The van der Waals surface area contributed by atoms with Gasteiger partial charge < -0.3 is 10.0 Å². The molecule has 0 unspecified atom stereocenters. The fraction of sp³-hybridized carbons (Fsp3) is 0.143. The van der Waals surface area contributed by atoms with Gasteiger partial charge in [-0.05, 0) is 22.6 Å². The summed E-state index contributed by atoms with van der Waals surface area (Å²) < 4.78 is 0. The second-order valence-electron chi connectivity index (χ2n) is 6.00. The van der Waals surface area contributed by atoms with Crippen LogP contribution in [0.3, 0.4) is 0 Å². The molecular formula is C21H18LiNO. The molecule has 2 aromatic rings. The minimum Gasteiger partial charge on any atom is -0.860 e. The Bertz CT molecular complexity index is 780. The van der Waals surface area contributed by atoms with Gasteiger partial charge in [-0.2, -0.15) is 0 Å². The van der Waals surface area contributed by atoms with E-state index in [1.54, 1.807) is 0 Å². The van der Waals surface area contributed by atoms with Gasteiger partial charge in [-0.1, -0.05) is 85.0 Å². The van der Waals surface area contributed by atoms with E-state index in [0.29, 0.717) is 6.54 Å². The summed E-state index contributed by atoms with van der Waals surface area (Å²) in [6.45, 7) is 0.640. The van der Waals surface area contributed by atoms with Crippen LogP contribution >= 0.6 is 0 Å². The molecule has 114 valence electrons. The summed E-state index contributed by atoms with van der Waals surface area (Å²) >= 11 is 0. The van der Waals surface area contributed by atoms with Crippen LogP contribution in [0.5, 0.6) is 0 Å². The molecule has 2 atom stereocenters. The van der Waals surface area contributed by atoms with E-state index in [4.69, 9.17) is 0 Å². The Hall–Kier alpha value is -2.14. The smallest absolute Gasteiger partial charge is 0.860 e. The molecule has 2 aliphatic rings. The molecule has 2 nitrogen and oxygen atoms in total. The molecule has 0 fully saturated rings. The van der Waals surface area contributed by atoms with E-state index in [-0.39, 0.29) is 36.7 Å². The standard InChI is InChI=1S/C21H19NO.Li/c23-21-19-14-8-7-13-18(19)20(17-11-5-2-6-12-17)22(21)15-16-9-3-1-4-10-16;/h1-14,18,20,23H,15H2;/q;+1/p-1/t18-,20+;/m1./s1. The third-order valence-electron chi connectivity index (χ3n) is 4.59. The Morgan fingerprint density at radius 1 is 0.875 bits per heavy atom. The normalized spacial score (nSPS) is 21.6. The SMILES string of the molecule is [Li+].[O-]C1=C2C=CC=C[C@H]2[C@H](c2ccccc2)N1Cc1ccccc1. The van der Waals surface area contributed by atoms with Gasteiger partial charge in [-0.25, -0.2) is 0 Å². The minimum absolute atomic E-state index is 0. The predicted molar refractivity (Wildman–Crippen MR) is 90.0 cm³/mol. The van der Waals surface area contributed by atoms with Crippen molar-refractivity contribution in [2.24, 2.45) is 5.92 Å². The van der Waals surface area contributed by atoms with Crippen molar-refractivity contribution in [2.45, 2.75) is 12.6 Å². The van der Waals surface area contributed by atoms with Crippen LogP contribution < -0.4 is 24.0 Å². The number of nitrogens with zero attached hydrogens (tertiary/aromatic N) is 1. The second-order valence-corrected chi connectivity index (χ2v) is 6.00. The summed E-state index contributed by atoms with van der Waals surface area (Å²) in [5.74, 6) is 0.284. The zero-order valence-corrected chi connectivity index (χ0v) is 13.8. The Kier molecular flexibility index (Phi) is 4.99. The van der Waals surface area contributed by atoms with Gasteiger partial charge in [0.05, 0.1) is 6.04 Å². The van der Waals surface area contributed by atoms with Crippen LogP contribution in [0, 0.1) is 5.92 Å². The fourth-order valence-electron chi connectivity index (χ4n) is 3.52. The van der Waals surface area contributed by atoms with E-state index in [1.165, 1.54) is 5.56 Å². The van der Waals surface area contributed by atoms with Crippen molar-refractivity contribution >= 4 is 0 Å². The van der Waals surface area contributed by atoms with Crippen molar-refractivity contribution < 1.29 is 24.0 Å². The van der Waals surface area contributed by atoms with Crippen molar-refractivity contribution in [3.8, 4) is 0 Å². The summed E-state index contributed by atoms with van der Waals surface area (Å²) in [4.78, 5) is 2.00. The predicted octanol–water partition coefficient (Wildman–Crippen LogP) is 0.562. The third-order valence-corrected chi connectivity index (χ3v) is 4.59. The number of allylic oxidation sites excluding steroid dienone is 3. The van der Waals surface area contributed by atoms with Crippen LogP contribution in [0.15, 0.2) is 96.4 Å². The molecule has 24 heavy (non-hydrogen) atoms. The first-order valence-electron chi connectivity index (χ1n) is 7.96. The topological polar surface area (TPSA) is 26.3 Å². The van der Waals surface area contributed by atoms with Gasteiger partial charge in [0.1, 0.15) is 0 Å². The van der Waals surface area contributed by atoms with Gasteiger partial charge in [-0.15, -0.1) is 0 Å². The van der Waals surface area contributed by atoms with Crippen LogP contribution in [0.4, 0.5) is 0 Å². The van der Waals surface area contributed by atoms with Gasteiger partial charge in [0.25, 0.3) is 0 Å². The van der Waals surface area contributed by atoms with Gasteiger partial charge in [0, 0.05) is 12.5 Å². The second kappa shape index (κ2) is 7.17. The average Bonchev–Trinajstić information content (AvgIpc) is 2.89. The number of rotatable bonds is 3. The van der Waals surface area contributed by atoms with Crippen molar-refractivity contribution in [3.05, 3.63) is 108 Å². The van der Waals surface area contributed by atoms with E-state index < -0.39 is 0 Å². The molecule has 0 saturated carbocycles.